The third-order valence-electron chi connectivity index (χ3n) is 4.69. The van der Waals surface area contributed by atoms with Crippen LogP contribution >= 0.6 is 0 Å². The second-order valence-corrected chi connectivity index (χ2v) is 8.63. The predicted octanol–water partition coefficient (Wildman–Crippen LogP) is 1.22. The Kier molecular flexibility index (Phi) is 5.73. The number of nitrogens with one attached hydrogen (secondary N) is 1. The molecule has 1 fully saturated rings. The Labute approximate surface area is 154 Å². The molecule has 8 heteroatoms. The summed E-state index contributed by atoms with van der Waals surface area (Å²) in [5.41, 5.74) is 2.13. The van der Waals surface area contributed by atoms with Gasteiger partial charge in [-0.05, 0) is 30.0 Å². The zero-order chi connectivity index (χ0) is 18.6. The van der Waals surface area contributed by atoms with Crippen LogP contribution in [0.2, 0.25) is 0 Å². The molecule has 1 aromatic carbocycles. The monoisotopic (exact) mass is 376 g/mol. The number of amides is 1. The summed E-state index contributed by atoms with van der Waals surface area (Å²) in [6.45, 7) is 1.82. The molecule has 1 aliphatic rings. The fourth-order valence-electron chi connectivity index (χ4n) is 3.24. The van der Waals surface area contributed by atoms with Gasteiger partial charge in [0.25, 0.3) is 0 Å². The Morgan fingerprint density at radius 3 is 2.73 bits per heavy atom. The van der Waals surface area contributed by atoms with Crippen LogP contribution in [0.15, 0.2) is 42.7 Å². The molecule has 7 nitrogen and oxygen atoms in total. The second kappa shape index (κ2) is 8.01. The van der Waals surface area contributed by atoms with Gasteiger partial charge in [-0.3, -0.25) is 9.48 Å². The molecule has 1 saturated heterocycles. The van der Waals surface area contributed by atoms with Crippen LogP contribution in [0.1, 0.15) is 24.0 Å². The molecule has 1 N–H and O–H groups in total. The average molecular weight is 376 g/mol. The van der Waals surface area contributed by atoms with Gasteiger partial charge < -0.3 is 5.32 Å². The van der Waals surface area contributed by atoms with Crippen LogP contribution in [0.3, 0.4) is 0 Å². The lowest BCUT2D eigenvalue weighted by Crippen LogP contribution is -2.44. The number of hydrogen-bond donors (Lipinski definition) is 1. The van der Waals surface area contributed by atoms with Crippen LogP contribution in [0.5, 0.6) is 0 Å². The number of sulfonamides is 1. The van der Waals surface area contributed by atoms with Crippen molar-refractivity contribution in [1.29, 1.82) is 0 Å². The first kappa shape index (κ1) is 18.6. The minimum Gasteiger partial charge on any atom is -0.352 e. The highest BCUT2D eigenvalue weighted by Crippen LogP contribution is 2.19. The highest BCUT2D eigenvalue weighted by molar-refractivity contribution is 7.88. The van der Waals surface area contributed by atoms with E-state index >= 15 is 0 Å². The van der Waals surface area contributed by atoms with Crippen molar-refractivity contribution in [2.45, 2.75) is 25.9 Å². The fourth-order valence-corrected chi connectivity index (χ4v) is 4.15. The highest BCUT2D eigenvalue weighted by Gasteiger charge is 2.30. The number of benzene rings is 1. The zero-order valence-electron chi connectivity index (χ0n) is 14.8. The lowest BCUT2D eigenvalue weighted by molar-refractivity contribution is -0.126. The van der Waals surface area contributed by atoms with Crippen molar-refractivity contribution in [2.75, 3.05) is 19.3 Å². The molecule has 3 rings (SSSR count). The van der Waals surface area contributed by atoms with E-state index in [-0.39, 0.29) is 18.4 Å². The molecule has 0 spiro atoms. The average Bonchev–Trinajstić information content (AvgIpc) is 3.13. The zero-order valence-corrected chi connectivity index (χ0v) is 15.7. The lowest BCUT2D eigenvalue weighted by atomic mass is 9.98. The van der Waals surface area contributed by atoms with Crippen LogP contribution in [0.4, 0.5) is 0 Å². The van der Waals surface area contributed by atoms with Crippen LogP contribution in [-0.2, 0) is 27.9 Å². The first-order valence-corrected chi connectivity index (χ1v) is 10.6. The summed E-state index contributed by atoms with van der Waals surface area (Å²) < 4.78 is 26.7. The standard InChI is InChI=1S/C18H24N4O3S/c1-26(24,25)22-11-4-8-17(14-22)18(23)19-12-15-6-2-3-7-16(15)13-21-10-5-9-20-21/h2-3,5-7,9-10,17H,4,8,11-14H2,1H3,(H,19,23). The van der Waals surface area contributed by atoms with Crippen molar-refractivity contribution in [3.63, 3.8) is 0 Å². The Hall–Kier alpha value is -2.19. The minimum atomic E-state index is -3.25. The van der Waals surface area contributed by atoms with E-state index in [4.69, 9.17) is 0 Å². The first-order chi connectivity index (χ1) is 12.4. The van der Waals surface area contributed by atoms with Crippen molar-refractivity contribution >= 4 is 15.9 Å². The highest BCUT2D eigenvalue weighted by atomic mass is 32.2. The largest absolute Gasteiger partial charge is 0.352 e. The molecule has 0 radical (unpaired) electrons. The topological polar surface area (TPSA) is 84.3 Å². The van der Waals surface area contributed by atoms with Gasteiger partial charge in [-0.1, -0.05) is 24.3 Å². The van der Waals surface area contributed by atoms with Gasteiger partial charge >= 0.3 is 0 Å². The van der Waals surface area contributed by atoms with E-state index in [2.05, 4.69) is 10.4 Å². The third kappa shape index (κ3) is 4.70. The summed E-state index contributed by atoms with van der Waals surface area (Å²) in [6, 6.07) is 9.80. The van der Waals surface area contributed by atoms with Crippen molar-refractivity contribution in [1.82, 2.24) is 19.4 Å². The molecule has 26 heavy (non-hydrogen) atoms. The normalized spacial score (nSPS) is 18.6. The van der Waals surface area contributed by atoms with Gasteiger partial charge in [0.05, 0.1) is 18.7 Å². The molecular weight excluding hydrogens is 352 g/mol. The summed E-state index contributed by atoms with van der Waals surface area (Å²) in [7, 11) is -3.25. The molecule has 1 amide bonds. The fraction of sp³-hybridized carbons (Fsp3) is 0.444. The van der Waals surface area contributed by atoms with E-state index < -0.39 is 10.0 Å². The summed E-state index contributed by atoms with van der Waals surface area (Å²) in [4.78, 5) is 12.5. The number of rotatable bonds is 6. The molecule has 140 valence electrons. The maximum Gasteiger partial charge on any atom is 0.224 e. The van der Waals surface area contributed by atoms with Gasteiger partial charge in [0.15, 0.2) is 0 Å². The van der Waals surface area contributed by atoms with Crippen LogP contribution < -0.4 is 5.32 Å². The summed E-state index contributed by atoms with van der Waals surface area (Å²) in [6.07, 6.45) is 6.25. The first-order valence-electron chi connectivity index (χ1n) is 8.70. The molecule has 1 atom stereocenters. The van der Waals surface area contributed by atoms with Gasteiger partial charge in [-0.15, -0.1) is 0 Å². The number of hydrogen-bond acceptors (Lipinski definition) is 4. The maximum absolute atomic E-state index is 12.5. The molecule has 0 aliphatic carbocycles. The summed E-state index contributed by atoms with van der Waals surface area (Å²) in [5.74, 6) is -0.385. The SMILES string of the molecule is CS(=O)(=O)N1CCCC(C(=O)NCc2ccccc2Cn2cccn2)C1. The molecule has 1 aromatic heterocycles. The van der Waals surface area contributed by atoms with Crippen LogP contribution in [0.25, 0.3) is 0 Å². The minimum absolute atomic E-state index is 0.0905. The van der Waals surface area contributed by atoms with E-state index in [1.54, 1.807) is 6.20 Å². The van der Waals surface area contributed by atoms with E-state index in [9.17, 15) is 13.2 Å². The van der Waals surface area contributed by atoms with Crippen LogP contribution in [-0.4, -0.2) is 47.8 Å². The Morgan fingerprint density at radius 2 is 2.04 bits per heavy atom. The van der Waals surface area contributed by atoms with Gasteiger partial charge in [-0.2, -0.15) is 5.10 Å². The number of nitrogens with zero attached hydrogens (tertiary/aromatic N) is 3. The van der Waals surface area contributed by atoms with Crippen LogP contribution in [0, 0.1) is 5.92 Å². The van der Waals surface area contributed by atoms with Crippen molar-refractivity contribution in [3.8, 4) is 0 Å². The Bertz CT molecular complexity index is 849. The van der Waals surface area contributed by atoms with Gasteiger partial charge in [-0.25, -0.2) is 12.7 Å². The van der Waals surface area contributed by atoms with Gasteiger partial charge in [0, 0.05) is 32.0 Å². The maximum atomic E-state index is 12.5. The van der Waals surface area contributed by atoms with Gasteiger partial charge in [0.2, 0.25) is 15.9 Å². The number of carbonyl (C=O) groups excluding carboxylic acids is 1. The van der Waals surface area contributed by atoms with Crippen molar-refractivity contribution < 1.29 is 13.2 Å². The Balaban J connectivity index is 1.61. The van der Waals surface area contributed by atoms with Crippen molar-refractivity contribution in [2.24, 2.45) is 5.92 Å². The third-order valence-corrected chi connectivity index (χ3v) is 5.96. The summed E-state index contributed by atoms with van der Waals surface area (Å²) in [5, 5.41) is 7.19. The molecular formula is C18H24N4O3S. The van der Waals surface area contributed by atoms with E-state index in [0.717, 1.165) is 11.1 Å². The summed E-state index contributed by atoms with van der Waals surface area (Å²) >= 11 is 0. The lowest BCUT2D eigenvalue weighted by Gasteiger charge is -2.30. The quantitative estimate of drug-likeness (QED) is 0.822. The Morgan fingerprint density at radius 1 is 1.27 bits per heavy atom. The molecule has 2 heterocycles. The molecule has 1 unspecified atom stereocenters. The number of carbonyl (C=O) groups is 1. The molecule has 1 aliphatic heterocycles. The molecule has 2 aromatic rings. The second-order valence-electron chi connectivity index (χ2n) is 6.65. The number of piperidine rings is 1. The van der Waals surface area contributed by atoms with E-state index in [1.807, 2.05) is 41.2 Å². The number of aromatic nitrogens is 2. The van der Waals surface area contributed by atoms with E-state index in [0.29, 0.717) is 32.5 Å². The van der Waals surface area contributed by atoms with E-state index in [1.165, 1.54) is 10.6 Å². The molecule has 0 bridgehead atoms. The predicted molar refractivity (Wildman–Crippen MR) is 98.8 cm³/mol. The smallest absolute Gasteiger partial charge is 0.224 e. The van der Waals surface area contributed by atoms with Gasteiger partial charge in [0.1, 0.15) is 0 Å². The molecule has 0 saturated carbocycles. The van der Waals surface area contributed by atoms with Crippen molar-refractivity contribution in [3.05, 3.63) is 53.9 Å².